The maximum absolute atomic E-state index is 14.0. The Hall–Kier alpha value is -2.06. The van der Waals surface area contributed by atoms with E-state index in [1.807, 2.05) is 66.7 Å². The fourth-order valence-electron chi connectivity index (χ4n) is 2.27. The molecular formula is C18H15FS. The maximum Gasteiger partial charge on any atom is 0.131 e. The Morgan fingerprint density at radius 1 is 0.500 bits per heavy atom. The van der Waals surface area contributed by atoms with Crippen LogP contribution in [-0.4, -0.2) is 0 Å². The molecule has 0 saturated heterocycles. The lowest BCUT2D eigenvalue weighted by molar-refractivity contribution is 0.631. The van der Waals surface area contributed by atoms with Crippen LogP contribution in [0.5, 0.6) is 0 Å². The number of rotatable bonds is 2. The summed E-state index contributed by atoms with van der Waals surface area (Å²) in [6, 6.07) is 24.8. The average Bonchev–Trinajstić information content (AvgIpc) is 2.49. The lowest BCUT2D eigenvalue weighted by Crippen LogP contribution is -1.87. The molecule has 0 aliphatic rings. The van der Waals surface area contributed by atoms with Crippen LogP contribution in [-0.2, 0) is 0 Å². The molecule has 0 heterocycles. The fourth-order valence-corrected chi connectivity index (χ4v) is 2.27. The number of benzene rings is 3. The molecule has 0 radical (unpaired) electrons. The van der Waals surface area contributed by atoms with Crippen molar-refractivity contribution in [3.05, 3.63) is 84.7 Å². The smallest absolute Gasteiger partial charge is 0.131 e. The van der Waals surface area contributed by atoms with Gasteiger partial charge in [-0.2, -0.15) is 13.5 Å². The van der Waals surface area contributed by atoms with Crippen molar-refractivity contribution < 1.29 is 4.39 Å². The zero-order valence-corrected chi connectivity index (χ0v) is 11.9. The summed E-state index contributed by atoms with van der Waals surface area (Å²) in [7, 11) is 0. The summed E-state index contributed by atoms with van der Waals surface area (Å²) in [5, 5.41) is 0. The van der Waals surface area contributed by atoms with Gasteiger partial charge in [0, 0.05) is 5.56 Å². The summed E-state index contributed by atoms with van der Waals surface area (Å²) in [6.45, 7) is 0. The molecule has 0 saturated carbocycles. The molecule has 0 aliphatic heterocycles. The second kappa shape index (κ2) is 6.40. The van der Waals surface area contributed by atoms with Crippen LogP contribution in [0.4, 0.5) is 4.39 Å². The minimum Gasteiger partial charge on any atom is -0.206 e. The number of hydrogen-bond donors (Lipinski definition) is 0. The molecule has 0 fully saturated rings. The molecular weight excluding hydrogens is 267 g/mol. The predicted octanol–water partition coefficient (Wildman–Crippen LogP) is 5.27. The second-order valence-corrected chi connectivity index (χ2v) is 4.39. The highest BCUT2D eigenvalue weighted by atomic mass is 32.1. The first-order chi connectivity index (χ1) is 9.36. The molecule has 0 N–H and O–H groups in total. The third kappa shape index (κ3) is 2.75. The van der Waals surface area contributed by atoms with Crippen molar-refractivity contribution in [3.63, 3.8) is 0 Å². The molecule has 0 bridgehead atoms. The van der Waals surface area contributed by atoms with Crippen LogP contribution in [0.2, 0.25) is 0 Å². The van der Waals surface area contributed by atoms with Gasteiger partial charge in [-0.3, -0.25) is 0 Å². The van der Waals surface area contributed by atoms with Crippen LogP contribution in [0.15, 0.2) is 78.9 Å². The van der Waals surface area contributed by atoms with E-state index in [1.54, 1.807) is 6.07 Å². The van der Waals surface area contributed by atoms with Gasteiger partial charge in [0.1, 0.15) is 5.82 Å². The molecule has 20 heavy (non-hydrogen) atoms. The Morgan fingerprint density at radius 3 is 1.65 bits per heavy atom. The van der Waals surface area contributed by atoms with Gasteiger partial charge < -0.3 is 0 Å². The van der Waals surface area contributed by atoms with E-state index in [0.29, 0.717) is 5.56 Å². The lowest BCUT2D eigenvalue weighted by Gasteiger charge is -2.10. The molecule has 3 aromatic carbocycles. The van der Waals surface area contributed by atoms with E-state index in [1.165, 1.54) is 6.07 Å². The predicted molar refractivity (Wildman–Crippen MR) is 87.7 cm³/mol. The minimum atomic E-state index is -0.189. The molecule has 0 amide bonds. The molecule has 0 atom stereocenters. The first kappa shape index (κ1) is 14.4. The van der Waals surface area contributed by atoms with Gasteiger partial charge in [0.2, 0.25) is 0 Å². The molecule has 0 unspecified atom stereocenters. The molecule has 100 valence electrons. The third-order valence-electron chi connectivity index (χ3n) is 3.18. The number of hydrogen-bond acceptors (Lipinski definition) is 0. The van der Waals surface area contributed by atoms with Crippen LogP contribution >= 0.6 is 13.5 Å². The van der Waals surface area contributed by atoms with Crippen molar-refractivity contribution in [3.8, 4) is 22.3 Å². The Morgan fingerprint density at radius 2 is 1.00 bits per heavy atom. The summed E-state index contributed by atoms with van der Waals surface area (Å²) < 4.78 is 14.0. The van der Waals surface area contributed by atoms with Crippen molar-refractivity contribution in [2.45, 2.75) is 0 Å². The van der Waals surface area contributed by atoms with Crippen molar-refractivity contribution >= 4 is 13.5 Å². The van der Waals surface area contributed by atoms with Gasteiger partial charge in [-0.25, -0.2) is 4.39 Å². The van der Waals surface area contributed by atoms with E-state index in [0.717, 1.165) is 16.7 Å². The summed E-state index contributed by atoms with van der Waals surface area (Å²) in [5.74, 6) is -0.189. The average molecular weight is 282 g/mol. The van der Waals surface area contributed by atoms with Gasteiger partial charge in [-0.05, 0) is 22.8 Å². The van der Waals surface area contributed by atoms with Crippen LogP contribution < -0.4 is 0 Å². The highest BCUT2D eigenvalue weighted by Crippen LogP contribution is 2.32. The van der Waals surface area contributed by atoms with E-state index in [4.69, 9.17) is 0 Å². The van der Waals surface area contributed by atoms with E-state index in [2.05, 4.69) is 0 Å². The Kier molecular flexibility index (Phi) is 4.59. The fraction of sp³-hybridized carbons (Fsp3) is 0. The van der Waals surface area contributed by atoms with Crippen LogP contribution in [0, 0.1) is 5.82 Å². The summed E-state index contributed by atoms with van der Waals surface area (Å²) in [5.41, 5.74) is 3.71. The van der Waals surface area contributed by atoms with Crippen LogP contribution in [0.3, 0.4) is 0 Å². The first-order valence-corrected chi connectivity index (χ1v) is 6.25. The Bertz CT molecular complexity index is 693. The van der Waals surface area contributed by atoms with Gasteiger partial charge in [-0.15, -0.1) is 0 Å². The van der Waals surface area contributed by atoms with Gasteiger partial charge in [0.15, 0.2) is 0 Å². The maximum atomic E-state index is 14.0. The lowest BCUT2D eigenvalue weighted by atomic mass is 9.94. The van der Waals surface area contributed by atoms with Crippen molar-refractivity contribution in [2.24, 2.45) is 0 Å². The first-order valence-electron chi connectivity index (χ1n) is 6.25. The second-order valence-electron chi connectivity index (χ2n) is 4.39. The van der Waals surface area contributed by atoms with Crippen LogP contribution in [0.25, 0.3) is 22.3 Å². The zero-order chi connectivity index (χ0) is 13.1. The minimum absolute atomic E-state index is 0. The van der Waals surface area contributed by atoms with Gasteiger partial charge in [0.25, 0.3) is 0 Å². The van der Waals surface area contributed by atoms with E-state index >= 15 is 0 Å². The Balaban J connectivity index is 0.00000147. The summed E-state index contributed by atoms with van der Waals surface area (Å²) in [6.07, 6.45) is 0. The SMILES string of the molecule is Fc1ccccc1-c1ccccc1-c1ccccc1.S. The molecule has 0 nitrogen and oxygen atoms in total. The molecule has 2 heteroatoms. The van der Waals surface area contributed by atoms with Gasteiger partial charge in [-0.1, -0.05) is 72.8 Å². The standard InChI is InChI=1S/C18H13F.H2S/c19-18-13-7-6-12-17(18)16-11-5-4-10-15(16)14-8-2-1-3-9-14;/h1-13H;1H2. The Labute approximate surface area is 125 Å². The number of halogens is 1. The van der Waals surface area contributed by atoms with Crippen molar-refractivity contribution in [2.75, 3.05) is 0 Å². The van der Waals surface area contributed by atoms with E-state index in [9.17, 15) is 4.39 Å². The van der Waals surface area contributed by atoms with Crippen LogP contribution in [0.1, 0.15) is 0 Å². The van der Waals surface area contributed by atoms with Crippen molar-refractivity contribution in [1.82, 2.24) is 0 Å². The molecule has 0 aliphatic carbocycles. The molecule has 0 spiro atoms. The largest absolute Gasteiger partial charge is 0.206 e. The van der Waals surface area contributed by atoms with E-state index in [-0.39, 0.29) is 19.3 Å². The van der Waals surface area contributed by atoms with Crippen molar-refractivity contribution in [1.29, 1.82) is 0 Å². The zero-order valence-electron chi connectivity index (χ0n) is 10.9. The summed E-state index contributed by atoms with van der Waals surface area (Å²) in [4.78, 5) is 0. The third-order valence-corrected chi connectivity index (χ3v) is 3.18. The molecule has 0 aromatic heterocycles. The van der Waals surface area contributed by atoms with E-state index < -0.39 is 0 Å². The van der Waals surface area contributed by atoms with Gasteiger partial charge >= 0.3 is 0 Å². The normalized spacial score (nSPS) is 9.85. The topological polar surface area (TPSA) is 0 Å². The monoisotopic (exact) mass is 282 g/mol. The highest BCUT2D eigenvalue weighted by Gasteiger charge is 2.09. The molecule has 3 aromatic rings. The van der Waals surface area contributed by atoms with Gasteiger partial charge in [0.05, 0.1) is 0 Å². The quantitative estimate of drug-likeness (QED) is 0.600. The molecule has 3 rings (SSSR count). The highest BCUT2D eigenvalue weighted by molar-refractivity contribution is 7.59. The summed E-state index contributed by atoms with van der Waals surface area (Å²) >= 11 is 0.